The monoisotopic (exact) mass is 328 g/mol. The van der Waals surface area contributed by atoms with Crippen LogP contribution in [0.4, 0.5) is 0 Å². The van der Waals surface area contributed by atoms with E-state index in [-0.39, 0.29) is 13.5 Å². The van der Waals surface area contributed by atoms with Gasteiger partial charge in [0.25, 0.3) is 5.90 Å². The highest BCUT2D eigenvalue weighted by atomic mass is 31.2. The summed E-state index contributed by atoms with van der Waals surface area (Å²) in [7, 11) is 5.23. The average Bonchev–Trinajstić information content (AvgIpc) is 3.07. The fourth-order valence-corrected chi connectivity index (χ4v) is 7.72. The second kappa shape index (κ2) is 5.43. The molecule has 0 aromatic carbocycles. The van der Waals surface area contributed by atoms with Crippen molar-refractivity contribution < 1.29 is 14.9 Å². The van der Waals surface area contributed by atoms with Crippen molar-refractivity contribution in [3.8, 4) is 0 Å². The van der Waals surface area contributed by atoms with Gasteiger partial charge in [0.2, 0.25) is 5.34 Å². The van der Waals surface area contributed by atoms with Crippen LogP contribution in [-0.2, 0) is 4.74 Å². The first-order valence-electron chi connectivity index (χ1n) is 7.49. The summed E-state index contributed by atoms with van der Waals surface area (Å²) in [5, 5.41) is 20.4. The van der Waals surface area contributed by atoms with E-state index in [0.29, 0.717) is 0 Å². The van der Waals surface area contributed by atoms with Crippen LogP contribution in [0.15, 0.2) is 0 Å². The highest BCUT2D eigenvalue weighted by Gasteiger charge is 2.76. The summed E-state index contributed by atoms with van der Waals surface area (Å²) < 4.78 is 6.34. The summed E-state index contributed by atoms with van der Waals surface area (Å²) in [4.78, 5) is 0. The van der Waals surface area contributed by atoms with Gasteiger partial charge in [-0.3, -0.25) is 0 Å². The molecule has 2 rings (SSSR count). The highest BCUT2D eigenvalue weighted by molar-refractivity contribution is 7.73. The minimum absolute atomic E-state index is 0.0395. The standard InChI is InChI=1S/C15H27BO3P2/c1-7-20(5)9-21(6)13(2,3)19-15-8-10(15)11(16)14(4,18)12(15)17/h10-12,17-18H,5-9H2,1-4H3/q+2/t10-,11-,12+,14+,15+/m1/s1. The molecule has 21 heavy (non-hydrogen) atoms. The Bertz CT molecular complexity index is 478. The van der Waals surface area contributed by atoms with E-state index in [9.17, 15) is 10.2 Å². The molecule has 0 aromatic rings. The summed E-state index contributed by atoms with van der Waals surface area (Å²) in [5.74, 6) is 0.616. The van der Waals surface area contributed by atoms with E-state index in [1.807, 2.05) is 13.8 Å². The zero-order valence-electron chi connectivity index (χ0n) is 13.5. The first-order valence-corrected chi connectivity index (χ1v) is 11.1. The van der Waals surface area contributed by atoms with E-state index in [4.69, 9.17) is 12.6 Å². The normalized spacial score (nSPS) is 43.4. The van der Waals surface area contributed by atoms with Gasteiger partial charge < -0.3 is 14.9 Å². The van der Waals surface area contributed by atoms with Gasteiger partial charge in [-0.25, -0.2) is 0 Å². The number of ether oxygens (including phenoxy) is 1. The van der Waals surface area contributed by atoms with Crippen LogP contribution in [0.3, 0.4) is 0 Å². The average molecular weight is 328 g/mol. The SMILES string of the molecule is [B][C@@H]1[C@H]2C[C@@]2(OC(C)(C)[P+](=C)C[P+](=C)CC)[C@@H](O)[C@@]1(C)O. The topological polar surface area (TPSA) is 49.7 Å². The van der Waals surface area contributed by atoms with Crippen LogP contribution in [0.2, 0.25) is 5.82 Å². The molecule has 2 aliphatic rings. The molecule has 2 fully saturated rings. The van der Waals surface area contributed by atoms with Crippen LogP contribution in [-0.4, -0.2) is 65.4 Å². The molecule has 2 saturated carbocycles. The minimum Gasteiger partial charge on any atom is -0.388 e. The highest BCUT2D eigenvalue weighted by Crippen LogP contribution is 2.68. The molecule has 3 nitrogen and oxygen atoms in total. The van der Waals surface area contributed by atoms with Gasteiger partial charge in [-0.15, -0.1) is 0 Å². The Hall–Kier alpha value is 0.285. The zero-order chi connectivity index (χ0) is 16.2. The molecule has 6 heteroatoms. The second-order valence-electron chi connectivity index (χ2n) is 7.14. The molecule has 0 heterocycles. The van der Waals surface area contributed by atoms with Gasteiger partial charge in [-0.2, -0.15) is 0 Å². The first-order chi connectivity index (χ1) is 9.49. The molecule has 7 atom stereocenters. The molecule has 116 valence electrons. The first kappa shape index (κ1) is 17.6. The third-order valence-corrected chi connectivity index (χ3v) is 10.6. The number of rotatable bonds is 6. The van der Waals surface area contributed by atoms with Crippen molar-refractivity contribution in [2.24, 2.45) is 5.92 Å². The fourth-order valence-electron chi connectivity index (χ4n) is 3.33. The molecule has 2 N–H and O–H groups in total. The lowest BCUT2D eigenvalue weighted by Gasteiger charge is -2.34. The van der Waals surface area contributed by atoms with E-state index < -0.39 is 36.0 Å². The van der Waals surface area contributed by atoms with Crippen molar-refractivity contribution in [3.63, 3.8) is 0 Å². The fraction of sp³-hybridized carbons (Fsp3) is 0.867. The maximum absolute atomic E-state index is 10.5. The van der Waals surface area contributed by atoms with Gasteiger partial charge in [0.1, 0.15) is 25.4 Å². The molecule has 0 saturated heterocycles. The Morgan fingerprint density at radius 2 is 2.00 bits per heavy atom. The van der Waals surface area contributed by atoms with Crippen LogP contribution in [0.5, 0.6) is 0 Å². The lowest BCUT2D eigenvalue weighted by Crippen LogP contribution is -2.48. The van der Waals surface area contributed by atoms with Crippen LogP contribution >= 0.6 is 15.1 Å². The van der Waals surface area contributed by atoms with Crippen molar-refractivity contribution in [2.45, 2.75) is 62.6 Å². The quantitative estimate of drug-likeness (QED) is 0.581. The van der Waals surface area contributed by atoms with Gasteiger partial charge in [0, 0.05) is 13.8 Å². The van der Waals surface area contributed by atoms with Crippen LogP contribution in [0.25, 0.3) is 0 Å². The van der Waals surface area contributed by atoms with Gasteiger partial charge in [0.05, 0.1) is 26.0 Å². The second-order valence-corrected chi connectivity index (χ2v) is 12.4. The van der Waals surface area contributed by atoms with E-state index in [2.05, 4.69) is 19.5 Å². The maximum Gasteiger partial charge on any atom is 0.254 e. The van der Waals surface area contributed by atoms with Gasteiger partial charge >= 0.3 is 0 Å². The van der Waals surface area contributed by atoms with E-state index in [1.165, 1.54) is 0 Å². The molecule has 2 aliphatic carbocycles. The minimum atomic E-state index is -1.27. The number of aliphatic hydroxyl groups excluding tert-OH is 1. The Morgan fingerprint density at radius 3 is 2.43 bits per heavy atom. The van der Waals surface area contributed by atoms with Gasteiger partial charge in [-0.1, -0.05) is 0 Å². The van der Waals surface area contributed by atoms with E-state index in [1.54, 1.807) is 6.92 Å². The van der Waals surface area contributed by atoms with E-state index >= 15 is 0 Å². The predicted octanol–water partition coefficient (Wildman–Crippen LogP) is 2.39. The molecule has 0 amide bonds. The summed E-state index contributed by atoms with van der Waals surface area (Å²) in [6, 6.07) is 0. The Kier molecular flexibility index (Phi) is 4.56. The molecule has 0 bridgehead atoms. The Balaban J connectivity index is 2.12. The Morgan fingerprint density at radius 1 is 1.43 bits per heavy atom. The van der Waals surface area contributed by atoms with Crippen molar-refractivity contribution in [3.05, 3.63) is 0 Å². The smallest absolute Gasteiger partial charge is 0.254 e. The number of hydrogen-bond acceptors (Lipinski definition) is 3. The Labute approximate surface area is 131 Å². The molecule has 0 aliphatic heterocycles. The van der Waals surface area contributed by atoms with Crippen molar-refractivity contribution >= 4 is 35.5 Å². The van der Waals surface area contributed by atoms with Crippen molar-refractivity contribution in [1.29, 1.82) is 0 Å². The van der Waals surface area contributed by atoms with Crippen LogP contribution in [0.1, 0.15) is 34.1 Å². The third kappa shape index (κ3) is 2.79. The molecule has 0 aromatic heterocycles. The van der Waals surface area contributed by atoms with Gasteiger partial charge in [-0.05, 0) is 32.0 Å². The zero-order valence-corrected chi connectivity index (χ0v) is 15.3. The van der Waals surface area contributed by atoms with E-state index in [0.717, 1.165) is 18.5 Å². The summed E-state index contributed by atoms with van der Waals surface area (Å²) >= 11 is 0. The lowest BCUT2D eigenvalue weighted by atomic mass is 9.73. The molecular formula is C15H27BO3P2+2. The van der Waals surface area contributed by atoms with Crippen molar-refractivity contribution in [1.82, 2.24) is 0 Å². The molecule has 2 unspecified atom stereocenters. The van der Waals surface area contributed by atoms with Gasteiger partial charge in [0.15, 0.2) is 7.55 Å². The molecule has 2 radical (unpaired) electrons. The lowest BCUT2D eigenvalue weighted by molar-refractivity contribution is -0.144. The third-order valence-electron chi connectivity index (χ3n) is 5.15. The largest absolute Gasteiger partial charge is 0.388 e. The molecular weight excluding hydrogens is 301 g/mol. The molecule has 0 spiro atoms. The number of aliphatic hydroxyl groups is 2. The predicted molar refractivity (Wildman–Crippen MR) is 95.6 cm³/mol. The summed E-state index contributed by atoms with van der Waals surface area (Å²) in [5.41, 5.74) is -1.95. The number of hydrogen-bond donors (Lipinski definition) is 2. The summed E-state index contributed by atoms with van der Waals surface area (Å²) in [6.45, 7) is 7.84. The van der Waals surface area contributed by atoms with Crippen LogP contribution in [0, 0.1) is 5.92 Å². The maximum atomic E-state index is 10.5. The van der Waals surface area contributed by atoms with Crippen molar-refractivity contribution in [2.75, 3.05) is 12.1 Å². The number of fused-ring (bicyclic) bond motifs is 1. The van der Waals surface area contributed by atoms with Crippen LogP contribution < -0.4 is 0 Å². The summed E-state index contributed by atoms with van der Waals surface area (Å²) in [6.07, 6.45) is 9.40.